The van der Waals surface area contributed by atoms with E-state index in [1.807, 2.05) is 0 Å². The van der Waals surface area contributed by atoms with Crippen molar-refractivity contribution >= 4 is 0 Å². The molecule has 0 atom stereocenters. The second-order valence-corrected chi connectivity index (χ2v) is 6.74. The fourth-order valence-electron chi connectivity index (χ4n) is 3.32. The van der Waals surface area contributed by atoms with Crippen LogP contribution in [0.5, 0.6) is 0 Å². The lowest BCUT2D eigenvalue weighted by Crippen LogP contribution is -2.15. The van der Waals surface area contributed by atoms with Gasteiger partial charge in [0.05, 0.1) is 0 Å². The van der Waals surface area contributed by atoms with E-state index in [9.17, 15) is 0 Å². The predicted molar refractivity (Wildman–Crippen MR) is 91.8 cm³/mol. The summed E-state index contributed by atoms with van der Waals surface area (Å²) in [5, 5.41) is 0. The van der Waals surface area contributed by atoms with Gasteiger partial charge in [0.15, 0.2) is 0 Å². The first-order chi connectivity index (χ1) is 8.99. The summed E-state index contributed by atoms with van der Waals surface area (Å²) in [7, 11) is 0. The van der Waals surface area contributed by atoms with Gasteiger partial charge in [-0.25, -0.2) is 0 Å². The third kappa shape index (κ3) is 14.2. The van der Waals surface area contributed by atoms with E-state index in [-0.39, 0.29) is 0 Å². The molecule has 0 heteroatoms. The quantitative estimate of drug-likeness (QED) is 0.383. The summed E-state index contributed by atoms with van der Waals surface area (Å²) in [4.78, 5) is 0. The average molecular weight is 271 g/mol. The van der Waals surface area contributed by atoms with Gasteiger partial charge in [0.25, 0.3) is 0 Å². The fraction of sp³-hybridized carbons (Fsp3) is 1.00. The van der Waals surface area contributed by atoms with Crippen LogP contribution in [0.2, 0.25) is 0 Å². The van der Waals surface area contributed by atoms with E-state index in [2.05, 4.69) is 48.5 Å². The van der Waals surface area contributed by atoms with E-state index in [0.29, 0.717) is 5.41 Å². The molecular weight excluding hydrogens is 228 g/mol. The minimum absolute atomic E-state index is 0.651. The van der Waals surface area contributed by atoms with E-state index in [4.69, 9.17) is 0 Å². The molecule has 118 valence electrons. The van der Waals surface area contributed by atoms with Crippen LogP contribution in [0, 0.1) is 11.3 Å². The Labute approximate surface area is 124 Å². The maximum Gasteiger partial charge on any atom is -0.0326 e. The van der Waals surface area contributed by atoms with Gasteiger partial charge in [0.2, 0.25) is 0 Å². The molecule has 0 radical (unpaired) electrons. The third-order valence-electron chi connectivity index (χ3n) is 4.12. The van der Waals surface area contributed by atoms with Crippen molar-refractivity contribution in [2.24, 2.45) is 11.3 Å². The lowest BCUT2D eigenvalue weighted by atomic mass is 9.78. The van der Waals surface area contributed by atoms with Crippen LogP contribution < -0.4 is 0 Å². The molecule has 0 spiro atoms. The molecule has 0 heterocycles. The molecule has 0 fully saturated rings. The summed E-state index contributed by atoms with van der Waals surface area (Å²) in [6.07, 6.45) is 13.8. The molecule has 0 aromatic rings. The summed E-state index contributed by atoms with van der Waals surface area (Å²) >= 11 is 0. The molecule has 0 aromatic carbocycles. The maximum atomic E-state index is 2.45. The third-order valence-corrected chi connectivity index (χ3v) is 4.12. The molecular formula is C19H42. The van der Waals surface area contributed by atoms with Gasteiger partial charge in [-0.15, -0.1) is 0 Å². The largest absolute Gasteiger partial charge is 0.0654 e. The Hall–Kier alpha value is 0. The van der Waals surface area contributed by atoms with Crippen molar-refractivity contribution in [1.82, 2.24) is 0 Å². The smallest absolute Gasteiger partial charge is 0.0326 e. The first-order valence-electron chi connectivity index (χ1n) is 8.99. The Kier molecular flexibility index (Phi) is 16.2. The van der Waals surface area contributed by atoms with Crippen molar-refractivity contribution in [2.75, 3.05) is 0 Å². The van der Waals surface area contributed by atoms with Gasteiger partial charge < -0.3 is 0 Å². The maximum absolute atomic E-state index is 2.45. The standard InChI is InChI=1S/C11H24.C8H18/c1-5-8-11(4,9-6-2)10-7-3;1-4-6-8(3)7-5-2/h5-10H2,1-4H3;8H,4-7H2,1-3H3. The first kappa shape index (κ1) is 21.3. The van der Waals surface area contributed by atoms with Crippen molar-refractivity contribution in [3.05, 3.63) is 0 Å². The van der Waals surface area contributed by atoms with Crippen LogP contribution in [-0.4, -0.2) is 0 Å². The van der Waals surface area contributed by atoms with Gasteiger partial charge in [-0.3, -0.25) is 0 Å². The zero-order valence-corrected chi connectivity index (χ0v) is 15.1. The number of rotatable bonds is 10. The Balaban J connectivity index is 0. The average Bonchev–Trinajstić information content (AvgIpc) is 2.31. The van der Waals surface area contributed by atoms with Gasteiger partial charge in [0, 0.05) is 0 Å². The summed E-state index contributed by atoms with van der Waals surface area (Å²) in [5.41, 5.74) is 0.651. The molecule has 0 aliphatic heterocycles. The van der Waals surface area contributed by atoms with Gasteiger partial charge in [-0.1, -0.05) is 93.4 Å². The van der Waals surface area contributed by atoms with E-state index in [1.165, 1.54) is 64.2 Å². The van der Waals surface area contributed by atoms with Gasteiger partial charge in [0.1, 0.15) is 0 Å². The summed E-state index contributed by atoms with van der Waals surface area (Å²) in [5.74, 6) is 0.963. The first-order valence-corrected chi connectivity index (χ1v) is 8.99. The van der Waals surface area contributed by atoms with Crippen molar-refractivity contribution in [1.29, 1.82) is 0 Å². The Morgan fingerprint density at radius 2 is 0.947 bits per heavy atom. The predicted octanol–water partition coefficient (Wildman–Crippen LogP) is 7.62. The van der Waals surface area contributed by atoms with Gasteiger partial charge in [-0.05, 0) is 30.6 Å². The monoisotopic (exact) mass is 270 g/mol. The minimum atomic E-state index is 0.651. The van der Waals surface area contributed by atoms with Crippen LogP contribution in [0.4, 0.5) is 0 Å². The minimum Gasteiger partial charge on any atom is -0.0654 e. The zero-order chi connectivity index (χ0) is 15.1. The van der Waals surface area contributed by atoms with E-state index >= 15 is 0 Å². The van der Waals surface area contributed by atoms with Crippen LogP contribution in [-0.2, 0) is 0 Å². The van der Waals surface area contributed by atoms with E-state index in [0.717, 1.165) is 5.92 Å². The number of hydrogen-bond donors (Lipinski definition) is 0. The van der Waals surface area contributed by atoms with Gasteiger partial charge >= 0.3 is 0 Å². The molecule has 0 aliphatic rings. The zero-order valence-electron chi connectivity index (χ0n) is 15.1. The van der Waals surface area contributed by atoms with Crippen molar-refractivity contribution in [3.8, 4) is 0 Å². The van der Waals surface area contributed by atoms with E-state index < -0.39 is 0 Å². The lowest BCUT2D eigenvalue weighted by Gasteiger charge is -2.28. The normalized spacial score (nSPS) is 11.4. The fourth-order valence-corrected chi connectivity index (χ4v) is 3.32. The molecule has 0 saturated heterocycles. The molecule has 0 unspecified atom stereocenters. The molecule has 0 saturated carbocycles. The topological polar surface area (TPSA) is 0 Å². The van der Waals surface area contributed by atoms with Crippen molar-refractivity contribution < 1.29 is 0 Å². The molecule has 0 aromatic heterocycles. The second kappa shape index (κ2) is 14.4. The molecule has 0 aliphatic carbocycles. The molecule has 0 rings (SSSR count). The highest BCUT2D eigenvalue weighted by molar-refractivity contribution is 4.72. The molecule has 0 amide bonds. The van der Waals surface area contributed by atoms with Crippen LogP contribution in [0.15, 0.2) is 0 Å². The Bertz CT molecular complexity index is 136. The van der Waals surface area contributed by atoms with Crippen molar-refractivity contribution in [2.45, 2.75) is 113 Å². The van der Waals surface area contributed by atoms with E-state index in [1.54, 1.807) is 0 Å². The number of hydrogen-bond acceptors (Lipinski definition) is 0. The Morgan fingerprint density at radius 3 is 1.16 bits per heavy atom. The second-order valence-electron chi connectivity index (χ2n) is 6.74. The molecule has 19 heavy (non-hydrogen) atoms. The lowest BCUT2D eigenvalue weighted by molar-refractivity contribution is 0.242. The SMILES string of the molecule is CCCC(C)(CCC)CCC.CCCC(C)CCC. The molecule has 0 N–H and O–H groups in total. The highest BCUT2D eigenvalue weighted by Gasteiger charge is 2.20. The van der Waals surface area contributed by atoms with Gasteiger partial charge in [-0.2, -0.15) is 0 Å². The highest BCUT2D eigenvalue weighted by Crippen LogP contribution is 2.33. The summed E-state index contributed by atoms with van der Waals surface area (Å²) in [6, 6.07) is 0. The molecule has 0 bridgehead atoms. The Morgan fingerprint density at radius 1 is 0.632 bits per heavy atom. The van der Waals surface area contributed by atoms with Crippen LogP contribution in [0.25, 0.3) is 0 Å². The summed E-state index contributed by atoms with van der Waals surface area (Å²) < 4.78 is 0. The summed E-state index contributed by atoms with van der Waals surface area (Å²) in [6.45, 7) is 16.2. The van der Waals surface area contributed by atoms with Crippen LogP contribution >= 0.6 is 0 Å². The van der Waals surface area contributed by atoms with Crippen molar-refractivity contribution in [3.63, 3.8) is 0 Å². The molecule has 0 nitrogen and oxygen atoms in total. The van der Waals surface area contributed by atoms with Crippen LogP contribution in [0.3, 0.4) is 0 Å². The van der Waals surface area contributed by atoms with Crippen LogP contribution in [0.1, 0.15) is 113 Å². The highest BCUT2D eigenvalue weighted by atomic mass is 14.3.